The van der Waals surface area contributed by atoms with Gasteiger partial charge >= 0.3 is 215 Å². The van der Waals surface area contributed by atoms with Crippen LogP contribution in [0.2, 0.25) is 19.8 Å². The third-order valence-corrected chi connectivity index (χ3v) is 31.7. The second-order valence-corrected chi connectivity index (χ2v) is 31.4. The van der Waals surface area contributed by atoms with Gasteiger partial charge in [0.15, 0.2) is 0 Å². The molecular weight excluding hydrogens is 622 g/mol. The van der Waals surface area contributed by atoms with Crippen LogP contribution in [0.25, 0.3) is 0 Å². The predicted octanol–water partition coefficient (Wildman–Crippen LogP) is 8.37. The van der Waals surface area contributed by atoms with Crippen LogP contribution in [0.1, 0.15) is 75.6 Å². The van der Waals surface area contributed by atoms with Gasteiger partial charge in [0.05, 0.1) is 0 Å². The van der Waals surface area contributed by atoms with Gasteiger partial charge in [-0.3, -0.25) is 0 Å². The summed E-state index contributed by atoms with van der Waals surface area (Å²) in [5, 5.41) is 0. The van der Waals surface area contributed by atoms with Crippen molar-refractivity contribution < 1.29 is 7.56 Å². The van der Waals surface area contributed by atoms with Crippen molar-refractivity contribution in [3.63, 3.8) is 0 Å². The second-order valence-electron chi connectivity index (χ2n) is 9.81. The molecule has 0 atom stereocenters. The molecule has 33 heavy (non-hydrogen) atoms. The van der Waals surface area contributed by atoms with Crippen LogP contribution in [0.4, 0.5) is 0 Å². The molecule has 0 aromatic heterocycles. The first-order valence-corrected chi connectivity index (χ1v) is 29.0. The fourth-order valence-corrected chi connectivity index (χ4v) is 36.6. The summed E-state index contributed by atoms with van der Waals surface area (Å²) in [5.74, 6) is 2.06. The van der Waals surface area contributed by atoms with Crippen molar-refractivity contribution in [2.45, 2.75) is 98.8 Å². The van der Waals surface area contributed by atoms with E-state index in [0.29, 0.717) is 0 Å². The summed E-state index contributed by atoms with van der Waals surface area (Å²) in [7, 11) is 0. The number of hydrogen-bond acceptors (Lipinski definition) is 3. The average Bonchev–Trinajstić information content (AvgIpc) is 2.74. The fraction of sp³-hybridized carbons (Fsp3) is 0.571. The van der Waals surface area contributed by atoms with Crippen LogP contribution in [0, 0.1) is 0 Å². The topological polar surface area (TPSA) is 27.7 Å². The Bertz CT molecular complexity index is 806. The first-order valence-electron chi connectivity index (χ1n) is 13.0. The Labute approximate surface area is 213 Å². The standard InChI is InChI=1S/2C12H18O.4CH3.O.2Sn/c2*1-3-5-7-10-8-6-9-12(13)11(10)4-2;;;;;;;/h2*6,8-9,13H,3-5,7H2,1-2H3;4*1H3;;;/q;;;;;;;2*+1/p-2. The number of unbranched alkanes of at least 4 members (excludes halogenated alkanes) is 2. The molecule has 3 nitrogen and oxygen atoms in total. The van der Waals surface area contributed by atoms with Gasteiger partial charge < -0.3 is 0 Å². The molecule has 0 heterocycles. The summed E-state index contributed by atoms with van der Waals surface area (Å²) >= 11 is -6.58. The van der Waals surface area contributed by atoms with Gasteiger partial charge in [0.1, 0.15) is 0 Å². The van der Waals surface area contributed by atoms with E-state index in [2.05, 4.69) is 83.9 Å². The minimum absolute atomic E-state index is 0.991. The van der Waals surface area contributed by atoms with E-state index in [1.807, 2.05) is 0 Å². The van der Waals surface area contributed by atoms with Gasteiger partial charge in [-0.1, -0.05) is 0 Å². The molecule has 0 unspecified atom stereocenters. The van der Waals surface area contributed by atoms with Crippen molar-refractivity contribution in [1.82, 2.24) is 0 Å². The number of rotatable bonds is 14. The van der Waals surface area contributed by atoms with E-state index in [9.17, 15) is 0 Å². The van der Waals surface area contributed by atoms with Crippen LogP contribution in [-0.4, -0.2) is 38.4 Å². The zero-order valence-corrected chi connectivity index (χ0v) is 28.1. The van der Waals surface area contributed by atoms with E-state index in [1.54, 1.807) is 0 Å². The molecule has 0 radical (unpaired) electrons. The maximum atomic E-state index is 6.85. The van der Waals surface area contributed by atoms with E-state index in [0.717, 1.165) is 37.2 Å². The van der Waals surface area contributed by atoms with Crippen LogP contribution < -0.4 is 6.15 Å². The van der Waals surface area contributed by atoms with Gasteiger partial charge in [-0.25, -0.2) is 0 Å². The van der Waals surface area contributed by atoms with Gasteiger partial charge in [-0.05, 0) is 0 Å². The Hall–Kier alpha value is -0.403. The Morgan fingerprint density at radius 3 is 1.33 bits per heavy atom. The molecule has 5 heteroatoms. The Balaban J connectivity index is 2.19. The van der Waals surface area contributed by atoms with Crippen molar-refractivity contribution in [3.05, 3.63) is 58.7 Å². The third kappa shape index (κ3) is 8.95. The van der Waals surface area contributed by atoms with Crippen molar-refractivity contribution in [3.8, 4) is 11.5 Å². The molecular formula is C28H46O3Sn2. The van der Waals surface area contributed by atoms with Crippen LogP contribution in [0.15, 0.2) is 36.4 Å². The Morgan fingerprint density at radius 1 is 0.606 bits per heavy atom. The zero-order valence-electron chi connectivity index (χ0n) is 22.3. The minimum atomic E-state index is -3.29. The summed E-state index contributed by atoms with van der Waals surface area (Å²) < 4.78 is 20.3. The summed E-state index contributed by atoms with van der Waals surface area (Å²) in [4.78, 5) is 8.92. The second kappa shape index (κ2) is 13.6. The molecule has 2 rings (SSSR count). The van der Waals surface area contributed by atoms with Gasteiger partial charge in [0.25, 0.3) is 0 Å². The van der Waals surface area contributed by atoms with Crippen LogP contribution >= 0.6 is 0 Å². The number of aryl methyl sites for hydroxylation is 2. The molecule has 0 aliphatic rings. The fourth-order valence-electron chi connectivity index (χ4n) is 4.58. The molecule has 2 aromatic rings. The Morgan fingerprint density at radius 2 is 1.00 bits per heavy atom. The van der Waals surface area contributed by atoms with Crippen LogP contribution in [0.3, 0.4) is 0 Å². The zero-order chi connectivity index (χ0) is 24.5. The summed E-state index contributed by atoms with van der Waals surface area (Å²) in [6.45, 7) is 8.95. The third-order valence-electron chi connectivity index (χ3n) is 5.97. The normalized spacial score (nSPS) is 12.1. The summed E-state index contributed by atoms with van der Waals surface area (Å²) in [5.41, 5.74) is 5.55. The van der Waals surface area contributed by atoms with Crippen molar-refractivity contribution >= 4 is 38.4 Å². The van der Waals surface area contributed by atoms with Gasteiger partial charge in [0, 0.05) is 0 Å². The van der Waals surface area contributed by atoms with Crippen molar-refractivity contribution in [1.29, 1.82) is 0 Å². The van der Waals surface area contributed by atoms with Gasteiger partial charge in [0.2, 0.25) is 0 Å². The van der Waals surface area contributed by atoms with Crippen molar-refractivity contribution in [2.24, 2.45) is 0 Å². The quantitative estimate of drug-likeness (QED) is 0.190. The molecule has 0 amide bonds. The molecule has 0 saturated carbocycles. The average molecular weight is 668 g/mol. The molecule has 2 aromatic carbocycles. The molecule has 184 valence electrons. The van der Waals surface area contributed by atoms with Crippen LogP contribution in [-0.2, 0) is 27.1 Å². The van der Waals surface area contributed by atoms with Crippen molar-refractivity contribution in [2.75, 3.05) is 0 Å². The maximum absolute atomic E-state index is 6.85. The number of hydrogen-bond donors (Lipinski definition) is 0. The monoisotopic (exact) mass is 670 g/mol. The predicted molar refractivity (Wildman–Crippen MR) is 146 cm³/mol. The molecule has 0 spiro atoms. The molecule has 0 bridgehead atoms. The SMILES string of the molecule is CCCCc1cccc([O][Sn]([CH3])([CH3])[O][Sn]([CH3])([CH3])[O]c2cccc(CCCC)c2CC)c1CC. The first kappa shape index (κ1) is 28.8. The molecule has 0 aliphatic carbocycles. The Kier molecular flexibility index (Phi) is 11.9. The van der Waals surface area contributed by atoms with E-state index < -0.39 is 38.4 Å². The number of benzene rings is 2. The van der Waals surface area contributed by atoms with E-state index in [4.69, 9.17) is 7.56 Å². The molecule has 0 aliphatic heterocycles. The van der Waals surface area contributed by atoms with Crippen LogP contribution in [0.5, 0.6) is 11.5 Å². The summed E-state index contributed by atoms with van der Waals surface area (Å²) in [6, 6.07) is 13.1. The van der Waals surface area contributed by atoms with Gasteiger partial charge in [-0.2, -0.15) is 0 Å². The van der Waals surface area contributed by atoms with E-state index >= 15 is 0 Å². The summed E-state index contributed by atoms with van der Waals surface area (Å²) in [6.07, 6.45) is 9.08. The van der Waals surface area contributed by atoms with E-state index in [-0.39, 0.29) is 0 Å². The van der Waals surface area contributed by atoms with E-state index in [1.165, 1.54) is 47.9 Å². The molecule has 0 N–H and O–H groups in total. The molecule has 0 fully saturated rings. The van der Waals surface area contributed by atoms with Gasteiger partial charge in [-0.15, -0.1) is 0 Å². The molecule has 0 saturated heterocycles. The first-order chi connectivity index (χ1) is 15.7.